The molecule has 0 spiro atoms. The molecule has 2 aromatic carbocycles. The average Bonchev–Trinajstić information content (AvgIpc) is 3.22. The van der Waals surface area contributed by atoms with Crippen LogP contribution in [-0.4, -0.2) is 20.0 Å². The number of thiophene rings is 1. The maximum absolute atomic E-state index is 12.6. The quantitative estimate of drug-likeness (QED) is 0.423. The summed E-state index contributed by atoms with van der Waals surface area (Å²) in [5.74, 6) is -0.209. The number of nitrogens with one attached hydrogen (secondary N) is 2. The molecule has 0 atom stereocenters. The number of hydrogen-bond acceptors (Lipinski definition) is 5. The summed E-state index contributed by atoms with van der Waals surface area (Å²) in [7, 11) is -3.68. The predicted molar refractivity (Wildman–Crippen MR) is 124 cm³/mol. The average molecular weight is 454 g/mol. The zero-order valence-corrected chi connectivity index (χ0v) is 18.7. The van der Waals surface area contributed by atoms with Crippen molar-refractivity contribution >= 4 is 38.7 Å². The van der Waals surface area contributed by atoms with Crippen molar-refractivity contribution in [3.63, 3.8) is 0 Å². The molecule has 0 fully saturated rings. The van der Waals surface area contributed by atoms with Gasteiger partial charge in [0.05, 0.1) is 16.2 Å². The highest BCUT2D eigenvalue weighted by Crippen LogP contribution is 2.30. The first kappa shape index (κ1) is 21.3. The van der Waals surface area contributed by atoms with Gasteiger partial charge < -0.3 is 0 Å². The van der Waals surface area contributed by atoms with Crippen LogP contribution in [0.25, 0.3) is 0 Å². The number of aryl methyl sites for hydroxylation is 1. The normalized spacial score (nSPS) is 14.0. The van der Waals surface area contributed by atoms with Crippen molar-refractivity contribution in [3.8, 4) is 0 Å². The van der Waals surface area contributed by atoms with Gasteiger partial charge in [0.2, 0.25) is 0 Å². The molecule has 0 saturated carbocycles. The molecule has 2 N–H and O–H groups in total. The van der Waals surface area contributed by atoms with Gasteiger partial charge in [0.25, 0.3) is 15.9 Å². The molecular weight excluding hydrogens is 430 g/mol. The Morgan fingerprint density at radius 3 is 2.61 bits per heavy atom. The van der Waals surface area contributed by atoms with Crippen LogP contribution in [0.15, 0.2) is 70.0 Å². The van der Waals surface area contributed by atoms with E-state index in [-0.39, 0.29) is 10.8 Å². The molecule has 1 aliphatic carbocycles. The lowest BCUT2D eigenvalue weighted by Crippen LogP contribution is -2.20. The van der Waals surface area contributed by atoms with E-state index in [0.717, 1.165) is 24.8 Å². The van der Waals surface area contributed by atoms with Gasteiger partial charge in [0, 0.05) is 15.9 Å². The molecule has 0 unspecified atom stereocenters. The molecule has 0 radical (unpaired) electrons. The van der Waals surface area contributed by atoms with Crippen molar-refractivity contribution in [2.75, 3.05) is 4.72 Å². The molecule has 0 aliphatic heterocycles. The van der Waals surface area contributed by atoms with Crippen LogP contribution >= 0.6 is 11.3 Å². The van der Waals surface area contributed by atoms with E-state index in [4.69, 9.17) is 0 Å². The number of carbonyl (C=O) groups excluding carboxylic acids is 1. The van der Waals surface area contributed by atoms with Crippen molar-refractivity contribution in [3.05, 3.63) is 81.5 Å². The fourth-order valence-corrected chi connectivity index (χ4v) is 5.76. The summed E-state index contributed by atoms with van der Waals surface area (Å²) in [4.78, 5) is 14.1. The summed E-state index contributed by atoms with van der Waals surface area (Å²) in [6.45, 7) is 1.77. The Bertz CT molecular complexity index is 1230. The summed E-state index contributed by atoms with van der Waals surface area (Å²) in [5.41, 5.74) is 6.22. The van der Waals surface area contributed by atoms with E-state index < -0.39 is 10.0 Å². The monoisotopic (exact) mass is 453 g/mol. The highest BCUT2D eigenvalue weighted by atomic mass is 32.2. The molecule has 31 heavy (non-hydrogen) atoms. The molecule has 6 nitrogen and oxygen atoms in total. The van der Waals surface area contributed by atoms with Gasteiger partial charge in [-0.05, 0) is 68.0 Å². The Labute approximate surface area is 186 Å². The Hall–Kier alpha value is -2.97. The summed E-state index contributed by atoms with van der Waals surface area (Å²) < 4.78 is 27.7. The summed E-state index contributed by atoms with van der Waals surface area (Å²) in [6.07, 6.45) is 4.27. The minimum atomic E-state index is -3.68. The van der Waals surface area contributed by atoms with Crippen LogP contribution in [0.1, 0.15) is 46.1 Å². The fourth-order valence-electron chi connectivity index (χ4n) is 3.57. The van der Waals surface area contributed by atoms with Crippen molar-refractivity contribution in [1.29, 1.82) is 0 Å². The highest BCUT2D eigenvalue weighted by Gasteiger charge is 2.20. The lowest BCUT2D eigenvalue weighted by molar-refractivity contribution is 0.0954. The van der Waals surface area contributed by atoms with Gasteiger partial charge in [0.1, 0.15) is 0 Å². The van der Waals surface area contributed by atoms with Crippen LogP contribution in [0.5, 0.6) is 0 Å². The third-order valence-electron chi connectivity index (χ3n) is 5.22. The topological polar surface area (TPSA) is 87.6 Å². The number of benzene rings is 2. The van der Waals surface area contributed by atoms with Crippen LogP contribution in [0.2, 0.25) is 0 Å². The first-order chi connectivity index (χ1) is 14.9. The predicted octanol–water partition coefficient (Wildman–Crippen LogP) is 4.58. The zero-order chi connectivity index (χ0) is 21.8. The number of fused-ring (bicyclic) bond motifs is 1. The maximum Gasteiger partial charge on any atom is 0.272 e. The second kappa shape index (κ2) is 9.03. The Morgan fingerprint density at radius 1 is 1.03 bits per heavy atom. The zero-order valence-electron chi connectivity index (χ0n) is 17.1. The number of hydrogen-bond donors (Lipinski definition) is 2. The molecule has 1 aromatic heterocycles. The molecular formula is C23H23N3O3S2. The van der Waals surface area contributed by atoms with Gasteiger partial charge in [-0.1, -0.05) is 30.3 Å². The van der Waals surface area contributed by atoms with E-state index in [0.29, 0.717) is 22.5 Å². The third-order valence-corrected chi connectivity index (χ3v) is 7.70. The van der Waals surface area contributed by atoms with Crippen LogP contribution < -0.4 is 10.1 Å². The van der Waals surface area contributed by atoms with Gasteiger partial charge in [-0.25, -0.2) is 13.8 Å². The molecule has 0 bridgehead atoms. The largest absolute Gasteiger partial charge is 0.280 e. The summed E-state index contributed by atoms with van der Waals surface area (Å²) >= 11 is 1.64. The van der Waals surface area contributed by atoms with E-state index in [1.807, 2.05) is 11.4 Å². The number of carbonyl (C=O) groups is 1. The lowest BCUT2D eigenvalue weighted by Gasteiger charge is -2.12. The second-order valence-corrected chi connectivity index (χ2v) is 10.0. The highest BCUT2D eigenvalue weighted by molar-refractivity contribution is 7.92. The Morgan fingerprint density at radius 2 is 1.81 bits per heavy atom. The van der Waals surface area contributed by atoms with Crippen LogP contribution in [0, 0.1) is 0 Å². The smallest absolute Gasteiger partial charge is 0.272 e. The van der Waals surface area contributed by atoms with Crippen LogP contribution in [-0.2, 0) is 22.9 Å². The van der Waals surface area contributed by atoms with E-state index in [2.05, 4.69) is 15.2 Å². The van der Waals surface area contributed by atoms with Gasteiger partial charge >= 0.3 is 0 Å². The third kappa shape index (κ3) is 4.86. The number of rotatable bonds is 6. The van der Waals surface area contributed by atoms with Crippen molar-refractivity contribution in [2.45, 2.75) is 37.5 Å². The standard InChI is InChI=1S/C23H23N3O3S2/c1-16(24-25-23(27)21-15-30-22-13-6-5-12-20(21)22)17-8-7-9-18(14-17)26-31(28,29)19-10-3-2-4-11-19/h2-4,7-11,14-15,26H,5-6,12-13H2,1H3,(H,25,27)/b24-16+. The van der Waals surface area contributed by atoms with Gasteiger partial charge in [-0.15, -0.1) is 11.3 Å². The van der Waals surface area contributed by atoms with Crippen LogP contribution in [0.3, 0.4) is 0 Å². The van der Waals surface area contributed by atoms with Crippen LogP contribution in [0.4, 0.5) is 5.69 Å². The van der Waals surface area contributed by atoms with Crippen molar-refractivity contribution in [2.24, 2.45) is 5.10 Å². The van der Waals surface area contributed by atoms with Crippen molar-refractivity contribution in [1.82, 2.24) is 5.43 Å². The fraction of sp³-hybridized carbons (Fsp3) is 0.217. The summed E-state index contributed by atoms with van der Waals surface area (Å²) in [5, 5.41) is 6.15. The maximum atomic E-state index is 12.6. The number of amides is 1. The molecule has 1 amide bonds. The van der Waals surface area contributed by atoms with E-state index >= 15 is 0 Å². The minimum absolute atomic E-state index is 0.192. The number of hydrazone groups is 1. The van der Waals surface area contributed by atoms with Gasteiger partial charge in [-0.3, -0.25) is 9.52 Å². The van der Waals surface area contributed by atoms with E-state index in [1.165, 1.54) is 23.4 Å². The minimum Gasteiger partial charge on any atom is -0.280 e. The number of sulfonamides is 1. The SMILES string of the molecule is C/C(=N\NC(=O)c1csc2c1CCCC2)c1cccc(NS(=O)(=O)c2ccccc2)c1. The van der Waals surface area contributed by atoms with Gasteiger partial charge in [-0.2, -0.15) is 5.10 Å². The molecule has 4 rings (SSSR count). The first-order valence-corrected chi connectivity index (χ1v) is 12.4. The molecule has 3 aromatic rings. The van der Waals surface area contributed by atoms with Crippen molar-refractivity contribution < 1.29 is 13.2 Å². The first-order valence-electron chi connectivity index (χ1n) is 10.1. The Balaban J connectivity index is 1.48. The summed E-state index contributed by atoms with van der Waals surface area (Å²) in [6, 6.07) is 15.1. The molecule has 8 heteroatoms. The van der Waals surface area contributed by atoms with E-state index in [9.17, 15) is 13.2 Å². The molecule has 0 saturated heterocycles. The molecule has 1 heterocycles. The van der Waals surface area contributed by atoms with E-state index in [1.54, 1.807) is 54.7 Å². The molecule has 1 aliphatic rings. The lowest BCUT2D eigenvalue weighted by atomic mass is 9.96. The number of nitrogens with zero attached hydrogens (tertiary/aromatic N) is 1. The number of anilines is 1. The second-order valence-electron chi connectivity index (χ2n) is 7.40. The Kier molecular flexibility index (Phi) is 6.20. The molecule has 160 valence electrons. The van der Waals surface area contributed by atoms with Gasteiger partial charge in [0.15, 0.2) is 0 Å².